The number of nitrogens with one attached hydrogen (secondary N) is 1. The van der Waals surface area contributed by atoms with Crippen molar-refractivity contribution in [2.24, 2.45) is 5.92 Å². The highest BCUT2D eigenvalue weighted by atomic mass is 16.5. The first-order chi connectivity index (χ1) is 5.79. The Morgan fingerprint density at radius 2 is 2.08 bits per heavy atom. The van der Waals surface area contributed by atoms with Crippen LogP contribution in [0, 0.1) is 5.92 Å². The lowest BCUT2D eigenvalue weighted by Gasteiger charge is -2.06. The maximum absolute atomic E-state index is 5.46. The average Bonchev–Trinajstić information content (AvgIpc) is 2.79. The Kier molecular flexibility index (Phi) is 4.62. The zero-order chi connectivity index (χ0) is 8.81. The Balaban J connectivity index is 1.70. The van der Waals surface area contributed by atoms with E-state index in [1.807, 2.05) is 0 Å². The molecule has 12 heavy (non-hydrogen) atoms. The normalized spacial score (nSPS) is 17.2. The van der Waals surface area contributed by atoms with E-state index in [0.29, 0.717) is 0 Å². The molecule has 2 heteroatoms. The molecule has 1 aliphatic rings. The largest absolute Gasteiger partial charge is 0.380 e. The third-order valence-electron chi connectivity index (χ3n) is 2.10. The second-order valence-electron chi connectivity index (χ2n) is 4.02. The van der Waals surface area contributed by atoms with Crippen LogP contribution in [0.25, 0.3) is 0 Å². The molecule has 72 valence electrons. The topological polar surface area (TPSA) is 21.3 Å². The van der Waals surface area contributed by atoms with Crippen LogP contribution >= 0.6 is 0 Å². The molecule has 0 amide bonds. The lowest BCUT2D eigenvalue weighted by atomic mass is 10.1. The van der Waals surface area contributed by atoms with Crippen molar-refractivity contribution < 1.29 is 4.74 Å². The molecule has 0 radical (unpaired) electrons. The van der Waals surface area contributed by atoms with Gasteiger partial charge in [0.05, 0.1) is 6.61 Å². The van der Waals surface area contributed by atoms with Gasteiger partial charge in [0.25, 0.3) is 0 Å². The van der Waals surface area contributed by atoms with E-state index in [1.54, 1.807) is 0 Å². The summed E-state index contributed by atoms with van der Waals surface area (Å²) < 4.78 is 5.46. The van der Waals surface area contributed by atoms with Crippen LogP contribution in [0.1, 0.15) is 33.1 Å². The predicted octanol–water partition coefficient (Wildman–Crippen LogP) is 1.80. The van der Waals surface area contributed by atoms with Crippen LogP contribution in [0.3, 0.4) is 0 Å². The first-order valence-corrected chi connectivity index (χ1v) is 5.10. The molecule has 1 saturated carbocycles. The minimum Gasteiger partial charge on any atom is -0.380 e. The fourth-order valence-electron chi connectivity index (χ4n) is 1.04. The molecule has 0 atom stereocenters. The molecule has 0 saturated heterocycles. The van der Waals surface area contributed by atoms with Gasteiger partial charge in [-0.2, -0.15) is 0 Å². The van der Waals surface area contributed by atoms with Crippen LogP contribution in [-0.2, 0) is 4.74 Å². The van der Waals surface area contributed by atoms with Gasteiger partial charge in [0.1, 0.15) is 0 Å². The fourth-order valence-corrected chi connectivity index (χ4v) is 1.04. The molecule has 0 bridgehead atoms. The van der Waals surface area contributed by atoms with Crippen molar-refractivity contribution >= 4 is 0 Å². The lowest BCUT2D eigenvalue weighted by molar-refractivity contribution is 0.125. The first-order valence-electron chi connectivity index (χ1n) is 5.10. The second-order valence-corrected chi connectivity index (χ2v) is 4.02. The van der Waals surface area contributed by atoms with Gasteiger partial charge in [0.2, 0.25) is 0 Å². The van der Waals surface area contributed by atoms with Gasteiger partial charge in [0, 0.05) is 19.2 Å². The summed E-state index contributed by atoms with van der Waals surface area (Å²) in [4.78, 5) is 0. The van der Waals surface area contributed by atoms with Crippen LogP contribution in [-0.4, -0.2) is 25.8 Å². The highest BCUT2D eigenvalue weighted by molar-refractivity contribution is 4.80. The van der Waals surface area contributed by atoms with Crippen molar-refractivity contribution in [3.05, 3.63) is 0 Å². The van der Waals surface area contributed by atoms with Crippen molar-refractivity contribution in [3.8, 4) is 0 Å². The van der Waals surface area contributed by atoms with Gasteiger partial charge >= 0.3 is 0 Å². The van der Waals surface area contributed by atoms with Crippen molar-refractivity contribution in [3.63, 3.8) is 0 Å². The van der Waals surface area contributed by atoms with Crippen LogP contribution in [0.4, 0.5) is 0 Å². The minimum atomic E-state index is 0.765. The van der Waals surface area contributed by atoms with E-state index in [1.165, 1.54) is 19.3 Å². The standard InChI is InChI=1S/C10H21NO/c1-9(2)5-7-12-8-6-11-10-3-4-10/h9-11H,3-8H2,1-2H3. The maximum atomic E-state index is 5.46. The van der Waals surface area contributed by atoms with E-state index >= 15 is 0 Å². The number of ether oxygens (including phenoxy) is 1. The summed E-state index contributed by atoms with van der Waals surface area (Å²) in [6.45, 7) is 7.29. The van der Waals surface area contributed by atoms with E-state index in [4.69, 9.17) is 4.74 Å². The van der Waals surface area contributed by atoms with Crippen molar-refractivity contribution in [1.82, 2.24) is 5.32 Å². The van der Waals surface area contributed by atoms with Crippen LogP contribution in [0.2, 0.25) is 0 Å². The highest BCUT2D eigenvalue weighted by Crippen LogP contribution is 2.17. The zero-order valence-corrected chi connectivity index (χ0v) is 8.31. The summed E-state index contributed by atoms with van der Waals surface area (Å²) in [6.07, 6.45) is 3.92. The second kappa shape index (κ2) is 5.55. The Hall–Kier alpha value is -0.0800. The van der Waals surface area contributed by atoms with Gasteiger partial charge in [-0.05, 0) is 25.2 Å². The smallest absolute Gasteiger partial charge is 0.0591 e. The number of rotatable bonds is 7. The van der Waals surface area contributed by atoms with Gasteiger partial charge < -0.3 is 10.1 Å². The van der Waals surface area contributed by atoms with E-state index in [2.05, 4.69) is 19.2 Å². The molecule has 2 nitrogen and oxygen atoms in total. The van der Waals surface area contributed by atoms with Crippen molar-refractivity contribution in [2.45, 2.75) is 39.2 Å². The number of hydrogen-bond acceptors (Lipinski definition) is 2. The number of hydrogen-bond donors (Lipinski definition) is 1. The van der Waals surface area contributed by atoms with Gasteiger partial charge in [0.15, 0.2) is 0 Å². The van der Waals surface area contributed by atoms with Crippen LogP contribution in [0.15, 0.2) is 0 Å². The summed E-state index contributed by atoms with van der Waals surface area (Å²) >= 11 is 0. The molecule has 0 aromatic rings. The molecule has 0 heterocycles. The Bertz CT molecular complexity index is 104. The molecule has 0 aromatic heterocycles. The highest BCUT2D eigenvalue weighted by Gasteiger charge is 2.19. The molecule has 0 aliphatic heterocycles. The van der Waals surface area contributed by atoms with E-state index in [-0.39, 0.29) is 0 Å². The van der Waals surface area contributed by atoms with E-state index < -0.39 is 0 Å². The van der Waals surface area contributed by atoms with Crippen LogP contribution < -0.4 is 5.32 Å². The molecular weight excluding hydrogens is 150 g/mol. The molecule has 1 fully saturated rings. The van der Waals surface area contributed by atoms with Gasteiger partial charge in [-0.25, -0.2) is 0 Å². The summed E-state index contributed by atoms with van der Waals surface area (Å²) in [5.74, 6) is 0.765. The SMILES string of the molecule is CC(C)CCOCCNC1CC1. The molecule has 0 aromatic carbocycles. The Labute approximate surface area is 75.7 Å². The first kappa shape index (κ1) is 10.0. The van der Waals surface area contributed by atoms with Crippen molar-refractivity contribution in [2.75, 3.05) is 19.8 Å². The zero-order valence-electron chi connectivity index (χ0n) is 8.31. The van der Waals surface area contributed by atoms with E-state index in [0.717, 1.165) is 31.7 Å². The summed E-state index contributed by atoms with van der Waals surface area (Å²) in [7, 11) is 0. The molecule has 0 spiro atoms. The maximum Gasteiger partial charge on any atom is 0.0591 e. The Morgan fingerprint density at radius 3 is 2.67 bits per heavy atom. The molecule has 1 rings (SSSR count). The fraction of sp³-hybridized carbons (Fsp3) is 1.00. The molecular formula is C10H21NO. The lowest BCUT2D eigenvalue weighted by Crippen LogP contribution is -2.21. The monoisotopic (exact) mass is 171 g/mol. The third-order valence-corrected chi connectivity index (χ3v) is 2.10. The van der Waals surface area contributed by atoms with Gasteiger partial charge in [-0.1, -0.05) is 13.8 Å². The molecule has 0 unspecified atom stereocenters. The van der Waals surface area contributed by atoms with Crippen LogP contribution in [0.5, 0.6) is 0 Å². The molecule has 1 N–H and O–H groups in total. The predicted molar refractivity (Wildman–Crippen MR) is 51.3 cm³/mol. The summed E-state index contributed by atoms with van der Waals surface area (Å²) in [5, 5.41) is 3.42. The quantitative estimate of drug-likeness (QED) is 0.590. The summed E-state index contributed by atoms with van der Waals surface area (Å²) in [5.41, 5.74) is 0. The van der Waals surface area contributed by atoms with Gasteiger partial charge in [-0.15, -0.1) is 0 Å². The Morgan fingerprint density at radius 1 is 1.33 bits per heavy atom. The van der Waals surface area contributed by atoms with Crippen molar-refractivity contribution in [1.29, 1.82) is 0 Å². The third kappa shape index (κ3) is 5.56. The average molecular weight is 171 g/mol. The summed E-state index contributed by atoms with van der Waals surface area (Å²) in [6, 6.07) is 0.818. The van der Waals surface area contributed by atoms with E-state index in [9.17, 15) is 0 Å². The molecule has 1 aliphatic carbocycles. The minimum absolute atomic E-state index is 0.765. The van der Waals surface area contributed by atoms with Gasteiger partial charge in [-0.3, -0.25) is 0 Å².